The van der Waals surface area contributed by atoms with Crippen molar-refractivity contribution in [3.63, 3.8) is 0 Å². The van der Waals surface area contributed by atoms with E-state index in [4.69, 9.17) is 0 Å². The van der Waals surface area contributed by atoms with Gasteiger partial charge in [-0.3, -0.25) is 14.9 Å². The fraction of sp³-hybridized carbons (Fsp3) is 0.0714. The van der Waals surface area contributed by atoms with Gasteiger partial charge in [0, 0.05) is 28.4 Å². The number of nitro benzene ring substituents is 1. The smallest absolute Gasteiger partial charge is 0.270 e. The van der Waals surface area contributed by atoms with E-state index in [1.54, 1.807) is 19.2 Å². The summed E-state index contributed by atoms with van der Waals surface area (Å²) in [5.41, 5.74) is 0.721. The molecule has 0 aliphatic carbocycles. The number of amides is 1. The third kappa shape index (κ3) is 3.30. The molecule has 6 nitrogen and oxygen atoms in total. The van der Waals surface area contributed by atoms with Crippen molar-refractivity contribution in [1.82, 2.24) is 0 Å². The van der Waals surface area contributed by atoms with Gasteiger partial charge in [-0.05, 0) is 52.9 Å². The van der Waals surface area contributed by atoms with Gasteiger partial charge in [0.15, 0.2) is 0 Å². The highest BCUT2D eigenvalue weighted by molar-refractivity contribution is 14.1. The number of carbonyl (C=O) groups excluding carboxylic acids is 1. The highest BCUT2D eigenvalue weighted by Gasteiger charge is 2.19. The second-order valence-electron chi connectivity index (χ2n) is 4.30. The molecule has 0 bridgehead atoms. The van der Waals surface area contributed by atoms with Crippen LogP contribution in [0, 0.1) is 13.7 Å². The Bertz CT molecular complexity index is 701. The number of hydrogen-bond acceptors (Lipinski definition) is 4. The number of rotatable bonds is 3. The fourth-order valence-corrected chi connectivity index (χ4v) is 2.33. The van der Waals surface area contributed by atoms with E-state index in [-0.39, 0.29) is 22.9 Å². The minimum atomic E-state index is -0.534. The van der Waals surface area contributed by atoms with E-state index in [1.165, 1.54) is 35.2 Å². The van der Waals surface area contributed by atoms with E-state index in [9.17, 15) is 20.0 Å². The minimum Gasteiger partial charge on any atom is -0.508 e. The lowest BCUT2D eigenvalue weighted by Crippen LogP contribution is -2.27. The van der Waals surface area contributed by atoms with Crippen molar-refractivity contribution in [2.75, 3.05) is 11.9 Å². The van der Waals surface area contributed by atoms with Crippen LogP contribution in [-0.2, 0) is 0 Å². The lowest BCUT2D eigenvalue weighted by atomic mass is 10.1. The van der Waals surface area contributed by atoms with Gasteiger partial charge in [-0.1, -0.05) is 0 Å². The van der Waals surface area contributed by atoms with Crippen molar-refractivity contribution in [3.05, 3.63) is 61.7 Å². The molecule has 0 atom stereocenters. The minimum absolute atomic E-state index is 0.101. The molecule has 7 heteroatoms. The van der Waals surface area contributed by atoms with Gasteiger partial charge in [0.1, 0.15) is 5.75 Å². The Hall–Kier alpha value is -2.16. The molecule has 1 amide bonds. The summed E-state index contributed by atoms with van der Waals surface area (Å²) in [5.74, 6) is -0.252. The summed E-state index contributed by atoms with van der Waals surface area (Å²) in [7, 11) is 1.57. The number of aromatic hydroxyl groups is 1. The van der Waals surface area contributed by atoms with Gasteiger partial charge in [-0.25, -0.2) is 0 Å². The molecule has 108 valence electrons. The maximum atomic E-state index is 12.5. The summed E-state index contributed by atoms with van der Waals surface area (Å²) >= 11 is 1.96. The Morgan fingerprint density at radius 3 is 2.43 bits per heavy atom. The molecule has 0 spiro atoms. The van der Waals surface area contributed by atoms with E-state index in [2.05, 4.69) is 0 Å². The van der Waals surface area contributed by atoms with Gasteiger partial charge in [-0.15, -0.1) is 0 Å². The average Bonchev–Trinajstić information content (AvgIpc) is 2.47. The highest BCUT2D eigenvalue weighted by atomic mass is 127. The van der Waals surface area contributed by atoms with Crippen molar-refractivity contribution in [3.8, 4) is 5.75 Å². The Labute approximate surface area is 134 Å². The molecule has 0 aliphatic heterocycles. The molecule has 0 fully saturated rings. The molecule has 0 aromatic heterocycles. The van der Waals surface area contributed by atoms with E-state index >= 15 is 0 Å². The van der Waals surface area contributed by atoms with E-state index in [1.807, 2.05) is 22.6 Å². The van der Waals surface area contributed by atoms with Gasteiger partial charge < -0.3 is 10.0 Å². The maximum Gasteiger partial charge on any atom is 0.270 e. The molecule has 2 rings (SSSR count). The van der Waals surface area contributed by atoms with Crippen LogP contribution in [0.1, 0.15) is 10.4 Å². The molecule has 0 saturated heterocycles. The predicted molar refractivity (Wildman–Crippen MR) is 86.7 cm³/mol. The quantitative estimate of drug-likeness (QED) is 0.489. The molecule has 0 aliphatic rings. The van der Waals surface area contributed by atoms with Crippen LogP contribution in [-0.4, -0.2) is 23.0 Å². The van der Waals surface area contributed by atoms with Crippen LogP contribution in [0.15, 0.2) is 42.5 Å². The molecule has 1 N–H and O–H groups in total. The van der Waals surface area contributed by atoms with Crippen LogP contribution in [0.4, 0.5) is 11.4 Å². The lowest BCUT2D eigenvalue weighted by molar-refractivity contribution is -0.384. The SMILES string of the molecule is CN(C(=O)c1cc([N+](=O)[O-])ccc1I)c1ccc(O)cc1. The normalized spacial score (nSPS) is 10.2. The number of phenolic OH excluding ortho intramolecular Hbond substituents is 1. The fourth-order valence-electron chi connectivity index (χ4n) is 1.76. The first-order valence-electron chi connectivity index (χ1n) is 5.91. The number of nitrogens with zero attached hydrogens (tertiary/aromatic N) is 2. The zero-order chi connectivity index (χ0) is 15.6. The van der Waals surface area contributed by atoms with Crippen molar-refractivity contribution >= 4 is 39.9 Å². The third-order valence-corrected chi connectivity index (χ3v) is 3.87. The number of benzene rings is 2. The predicted octanol–water partition coefficient (Wildman–Crippen LogP) is 3.18. The zero-order valence-corrected chi connectivity index (χ0v) is 13.1. The number of phenols is 1. The van der Waals surface area contributed by atoms with Crippen LogP contribution in [0.5, 0.6) is 5.75 Å². The van der Waals surface area contributed by atoms with Crippen molar-refractivity contribution in [2.24, 2.45) is 0 Å². The molecule has 21 heavy (non-hydrogen) atoms. The van der Waals surface area contributed by atoms with Crippen molar-refractivity contribution in [2.45, 2.75) is 0 Å². The molecule has 2 aromatic rings. The standard InChI is InChI=1S/C14H11IN2O4/c1-16(9-2-5-11(18)6-3-9)14(19)12-8-10(17(20)21)4-7-13(12)15/h2-8,18H,1H3. The van der Waals surface area contributed by atoms with Crippen molar-refractivity contribution < 1.29 is 14.8 Å². The molecule has 0 saturated carbocycles. The number of carbonyl (C=O) groups is 1. The third-order valence-electron chi connectivity index (χ3n) is 2.93. The van der Waals surface area contributed by atoms with Crippen LogP contribution in [0.25, 0.3) is 0 Å². The Balaban J connectivity index is 2.37. The largest absolute Gasteiger partial charge is 0.508 e. The topological polar surface area (TPSA) is 83.7 Å². The van der Waals surface area contributed by atoms with E-state index in [0.29, 0.717) is 9.26 Å². The number of nitro groups is 1. The number of anilines is 1. The van der Waals surface area contributed by atoms with Crippen LogP contribution in [0.3, 0.4) is 0 Å². The summed E-state index contributed by atoms with van der Waals surface area (Å²) < 4.78 is 0.633. The summed E-state index contributed by atoms with van der Waals surface area (Å²) in [6.07, 6.45) is 0. The summed E-state index contributed by atoms with van der Waals surface area (Å²) in [5, 5.41) is 20.1. The molecule has 0 radical (unpaired) electrons. The van der Waals surface area contributed by atoms with Gasteiger partial charge in [0.25, 0.3) is 11.6 Å². The Morgan fingerprint density at radius 1 is 1.24 bits per heavy atom. The molecule has 0 heterocycles. The monoisotopic (exact) mass is 398 g/mol. The number of non-ortho nitro benzene ring substituents is 1. The lowest BCUT2D eigenvalue weighted by Gasteiger charge is -2.18. The average molecular weight is 398 g/mol. The Morgan fingerprint density at radius 2 is 1.86 bits per heavy atom. The first kappa shape index (κ1) is 15.2. The van der Waals surface area contributed by atoms with Crippen LogP contribution in [0.2, 0.25) is 0 Å². The van der Waals surface area contributed by atoms with Crippen LogP contribution >= 0.6 is 22.6 Å². The van der Waals surface area contributed by atoms with Gasteiger partial charge in [0.05, 0.1) is 10.5 Å². The van der Waals surface area contributed by atoms with E-state index in [0.717, 1.165) is 0 Å². The summed E-state index contributed by atoms with van der Waals surface area (Å²) in [6, 6.07) is 10.3. The van der Waals surface area contributed by atoms with Gasteiger partial charge in [0.2, 0.25) is 0 Å². The van der Waals surface area contributed by atoms with Gasteiger partial charge >= 0.3 is 0 Å². The van der Waals surface area contributed by atoms with Crippen LogP contribution < -0.4 is 4.90 Å². The molecular formula is C14H11IN2O4. The van der Waals surface area contributed by atoms with Gasteiger partial charge in [-0.2, -0.15) is 0 Å². The zero-order valence-electron chi connectivity index (χ0n) is 11.0. The second-order valence-corrected chi connectivity index (χ2v) is 5.46. The highest BCUT2D eigenvalue weighted by Crippen LogP contribution is 2.24. The number of hydrogen-bond donors (Lipinski definition) is 1. The summed E-state index contributed by atoms with van der Waals surface area (Å²) in [6.45, 7) is 0. The first-order valence-corrected chi connectivity index (χ1v) is 6.99. The Kier molecular flexibility index (Phi) is 4.41. The molecular weight excluding hydrogens is 387 g/mol. The maximum absolute atomic E-state index is 12.5. The number of halogens is 1. The summed E-state index contributed by atoms with van der Waals surface area (Å²) in [4.78, 5) is 24.1. The second kappa shape index (κ2) is 6.08. The first-order chi connectivity index (χ1) is 9.90. The van der Waals surface area contributed by atoms with Crippen molar-refractivity contribution in [1.29, 1.82) is 0 Å². The molecule has 2 aromatic carbocycles. The molecule has 0 unspecified atom stereocenters. The van der Waals surface area contributed by atoms with E-state index < -0.39 is 4.92 Å².